The molecular weight excluding hydrogens is 230 g/mol. The van der Waals surface area contributed by atoms with E-state index < -0.39 is 0 Å². The second kappa shape index (κ2) is 4.56. The van der Waals surface area contributed by atoms with E-state index in [9.17, 15) is 4.79 Å². The minimum Gasteiger partial charge on any atom is -0.397 e. The van der Waals surface area contributed by atoms with Gasteiger partial charge in [0.1, 0.15) is 0 Å². The number of carbonyl (C=O) groups excluding carboxylic acids is 1. The fourth-order valence-corrected chi connectivity index (χ4v) is 1.76. The maximum Gasteiger partial charge on any atom is 0.241 e. The van der Waals surface area contributed by atoms with Crippen LogP contribution in [0, 0.1) is 0 Å². The van der Waals surface area contributed by atoms with Gasteiger partial charge in [-0.1, -0.05) is 0 Å². The van der Waals surface area contributed by atoms with Crippen LogP contribution in [0.15, 0.2) is 18.3 Å². The Kier molecular flexibility index (Phi) is 3.10. The van der Waals surface area contributed by atoms with Gasteiger partial charge in [-0.25, -0.2) is 0 Å². The predicted molar refractivity (Wildman–Crippen MR) is 72.5 cm³/mol. The first-order valence-electron chi connectivity index (χ1n) is 5.63. The quantitative estimate of drug-likeness (QED) is 0.781. The van der Waals surface area contributed by atoms with Crippen molar-refractivity contribution in [3.63, 3.8) is 0 Å². The minimum absolute atomic E-state index is 0.0293. The molecule has 0 aliphatic carbocycles. The van der Waals surface area contributed by atoms with E-state index in [-0.39, 0.29) is 12.5 Å². The molecule has 0 bridgehead atoms. The van der Waals surface area contributed by atoms with Crippen molar-refractivity contribution in [1.29, 1.82) is 0 Å². The molecule has 0 unspecified atom stereocenters. The number of aromatic nitrogens is 2. The highest BCUT2D eigenvalue weighted by Gasteiger charge is 2.12. The lowest BCUT2D eigenvalue weighted by molar-refractivity contribution is -0.127. The first-order valence-corrected chi connectivity index (χ1v) is 5.63. The van der Waals surface area contributed by atoms with Crippen molar-refractivity contribution in [2.24, 2.45) is 0 Å². The van der Waals surface area contributed by atoms with Crippen molar-refractivity contribution in [2.45, 2.75) is 0 Å². The number of nitrogens with zero attached hydrogens (tertiary/aromatic N) is 3. The molecule has 96 valence electrons. The Morgan fingerprint density at radius 1 is 1.39 bits per heavy atom. The van der Waals surface area contributed by atoms with Crippen molar-refractivity contribution < 1.29 is 4.79 Å². The number of hydrogen-bond acceptors (Lipinski definition) is 4. The number of nitrogens with two attached hydrogens (primary N) is 1. The fourth-order valence-electron chi connectivity index (χ4n) is 1.76. The van der Waals surface area contributed by atoms with Crippen LogP contribution in [-0.4, -0.2) is 48.7 Å². The van der Waals surface area contributed by atoms with Crippen LogP contribution in [0.4, 0.5) is 11.4 Å². The lowest BCUT2D eigenvalue weighted by Gasteiger charge is -2.22. The molecule has 0 aliphatic heterocycles. The van der Waals surface area contributed by atoms with E-state index in [4.69, 9.17) is 5.73 Å². The van der Waals surface area contributed by atoms with Crippen LogP contribution in [0.2, 0.25) is 0 Å². The summed E-state index contributed by atoms with van der Waals surface area (Å²) in [4.78, 5) is 15.1. The average Bonchev–Trinajstić information content (AvgIpc) is 2.74. The molecule has 6 heteroatoms. The molecule has 0 spiro atoms. The number of fused-ring (bicyclic) bond motifs is 1. The zero-order valence-electron chi connectivity index (χ0n) is 10.8. The number of likely N-dealkylation sites (N-methyl/N-ethyl adjacent to an activating group) is 2. The molecule has 6 nitrogen and oxygen atoms in total. The summed E-state index contributed by atoms with van der Waals surface area (Å²) in [5.41, 5.74) is 8.35. The summed E-state index contributed by atoms with van der Waals surface area (Å²) in [7, 11) is 5.31. The molecule has 3 N–H and O–H groups in total. The summed E-state index contributed by atoms with van der Waals surface area (Å²) in [6, 6.07) is 3.76. The minimum atomic E-state index is 0.0293. The number of amides is 1. The molecular formula is C12H17N5O. The van der Waals surface area contributed by atoms with Crippen LogP contribution in [0.3, 0.4) is 0 Å². The first kappa shape index (κ1) is 12.2. The lowest BCUT2D eigenvalue weighted by Crippen LogP contribution is -2.34. The summed E-state index contributed by atoms with van der Waals surface area (Å²) in [5, 5.41) is 7.81. The monoisotopic (exact) mass is 247 g/mol. The molecule has 0 atom stereocenters. The number of anilines is 2. The van der Waals surface area contributed by atoms with Crippen molar-refractivity contribution in [3.8, 4) is 0 Å². The number of aromatic amines is 1. The number of H-pyrrole nitrogens is 1. The molecule has 0 saturated heterocycles. The Labute approximate surface area is 105 Å². The van der Waals surface area contributed by atoms with Crippen LogP contribution < -0.4 is 10.6 Å². The van der Waals surface area contributed by atoms with Crippen molar-refractivity contribution in [1.82, 2.24) is 15.1 Å². The highest BCUT2D eigenvalue weighted by Crippen LogP contribution is 2.27. The van der Waals surface area contributed by atoms with Crippen molar-refractivity contribution >= 4 is 28.2 Å². The number of hydrogen-bond donors (Lipinski definition) is 2. The van der Waals surface area contributed by atoms with Crippen LogP contribution in [-0.2, 0) is 4.79 Å². The summed E-state index contributed by atoms with van der Waals surface area (Å²) in [6.45, 7) is 0.289. The third kappa shape index (κ3) is 2.22. The van der Waals surface area contributed by atoms with Crippen LogP contribution in [0.5, 0.6) is 0 Å². The van der Waals surface area contributed by atoms with E-state index in [2.05, 4.69) is 10.2 Å². The van der Waals surface area contributed by atoms with Gasteiger partial charge in [0.05, 0.1) is 29.6 Å². The van der Waals surface area contributed by atoms with Gasteiger partial charge in [-0.2, -0.15) is 5.10 Å². The normalized spacial score (nSPS) is 10.6. The van der Waals surface area contributed by atoms with Gasteiger partial charge in [-0.05, 0) is 12.1 Å². The number of benzene rings is 1. The zero-order valence-corrected chi connectivity index (χ0v) is 10.8. The van der Waals surface area contributed by atoms with E-state index in [1.165, 1.54) is 0 Å². The molecule has 18 heavy (non-hydrogen) atoms. The van der Waals surface area contributed by atoms with Crippen LogP contribution in [0.25, 0.3) is 10.9 Å². The van der Waals surface area contributed by atoms with Crippen LogP contribution in [0.1, 0.15) is 0 Å². The number of rotatable bonds is 3. The maximum atomic E-state index is 11.7. The molecule has 1 amide bonds. The van der Waals surface area contributed by atoms with E-state index in [0.29, 0.717) is 5.69 Å². The van der Waals surface area contributed by atoms with Crippen molar-refractivity contribution in [2.75, 3.05) is 38.3 Å². The van der Waals surface area contributed by atoms with Gasteiger partial charge in [0.25, 0.3) is 0 Å². The van der Waals surface area contributed by atoms with E-state index in [1.807, 2.05) is 24.1 Å². The van der Waals surface area contributed by atoms with Gasteiger partial charge in [-0.3, -0.25) is 9.89 Å². The standard InChI is InChI=1S/C12H17N5O/c1-16(2)12(18)7-17(3)11-5-10-8(4-9(11)13)6-14-15-10/h4-6H,7,13H2,1-3H3,(H,14,15). The molecule has 1 heterocycles. The third-order valence-corrected chi connectivity index (χ3v) is 2.87. The highest BCUT2D eigenvalue weighted by atomic mass is 16.2. The van der Waals surface area contributed by atoms with Crippen LogP contribution >= 0.6 is 0 Å². The summed E-state index contributed by atoms with van der Waals surface area (Å²) >= 11 is 0. The molecule has 1 aromatic carbocycles. The zero-order chi connectivity index (χ0) is 13.3. The van der Waals surface area contributed by atoms with Crippen molar-refractivity contribution in [3.05, 3.63) is 18.3 Å². The lowest BCUT2D eigenvalue weighted by atomic mass is 10.2. The fraction of sp³-hybridized carbons (Fsp3) is 0.333. The average molecular weight is 247 g/mol. The SMILES string of the molecule is CN(C)C(=O)CN(C)c1cc2[nH]ncc2cc1N. The van der Waals surface area contributed by atoms with Gasteiger partial charge in [-0.15, -0.1) is 0 Å². The third-order valence-electron chi connectivity index (χ3n) is 2.87. The Bertz CT molecular complexity index is 575. The molecule has 1 aromatic heterocycles. The molecule has 0 aliphatic rings. The first-order chi connectivity index (χ1) is 8.49. The second-order valence-corrected chi connectivity index (χ2v) is 4.51. The maximum absolute atomic E-state index is 11.7. The summed E-state index contributed by atoms with van der Waals surface area (Å²) in [5.74, 6) is 0.0293. The molecule has 2 rings (SSSR count). The smallest absolute Gasteiger partial charge is 0.241 e. The Balaban J connectivity index is 2.29. The molecule has 0 radical (unpaired) electrons. The van der Waals surface area contributed by atoms with Gasteiger partial charge in [0.2, 0.25) is 5.91 Å². The van der Waals surface area contributed by atoms with Gasteiger partial charge in [0, 0.05) is 26.5 Å². The molecule has 0 fully saturated rings. The molecule has 0 saturated carbocycles. The number of nitrogen functional groups attached to an aromatic ring is 1. The topological polar surface area (TPSA) is 78.2 Å². The predicted octanol–water partition coefficient (Wildman–Crippen LogP) is 0.669. The Hall–Kier alpha value is -2.24. The van der Waals surface area contributed by atoms with Gasteiger partial charge in [0.15, 0.2) is 0 Å². The Morgan fingerprint density at radius 2 is 2.11 bits per heavy atom. The second-order valence-electron chi connectivity index (χ2n) is 4.51. The van der Waals surface area contributed by atoms with E-state index in [0.717, 1.165) is 16.6 Å². The number of nitrogens with one attached hydrogen (secondary N) is 1. The largest absolute Gasteiger partial charge is 0.397 e. The van der Waals surface area contributed by atoms with Gasteiger partial charge >= 0.3 is 0 Å². The summed E-state index contributed by atoms with van der Waals surface area (Å²) < 4.78 is 0. The van der Waals surface area contributed by atoms with E-state index >= 15 is 0 Å². The molecule has 2 aromatic rings. The highest BCUT2D eigenvalue weighted by molar-refractivity contribution is 5.90. The van der Waals surface area contributed by atoms with Gasteiger partial charge < -0.3 is 15.5 Å². The van der Waals surface area contributed by atoms with E-state index in [1.54, 1.807) is 25.2 Å². The Morgan fingerprint density at radius 3 is 2.78 bits per heavy atom. The number of carbonyl (C=O) groups is 1. The summed E-state index contributed by atoms with van der Waals surface area (Å²) in [6.07, 6.45) is 1.72.